The summed E-state index contributed by atoms with van der Waals surface area (Å²) in [5, 5.41) is 3.64. The van der Waals surface area contributed by atoms with Crippen LogP contribution >= 0.6 is 0 Å². The standard InChI is InChI=1S/C17H17N3O3S/c1-12-3-5-14(6-4-12)15-7-9-16(10-8-15)24(21,22)20(18)17-11-13(2)19-23-17/h3-11H,18H2,1-2H3. The molecule has 0 unspecified atom stereocenters. The number of sulfonamides is 1. The first-order chi connectivity index (χ1) is 11.4. The van der Waals surface area contributed by atoms with Gasteiger partial charge in [-0.05, 0) is 37.1 Å². The minimum Gasteiger partial charge on any atom is -0.336 e. The first-order valence-corrected chi connectivity index (χ1v) is 8.72. The third-order valence-corrected chi connectivity index (χ3v) is 5.19. The smallest absolute Gasteiger partial charge is 0.280 e. The summed E-state index contributed by atoms with van der Waals surface area (Å²) in [6, 6.07) is 16.0. The maximum atomic E-state index is 12.5. The first kappa shape index (κ1) is 16.2. The van der Waals surface area contributed by atoms with Crippen LogP contribution in [-0.4, -0.2) is 13.6 Å². The van der Waals surface area contributed by atoms with Crippen LogP contribution in [0.25, 0.3) is 11.1 Å². The van der Waals surface area contributed by atoms with Crippen molar-refractivity contribution >= 4 is 15.9 Å². The van der Waals surface area contributed by atoms with Crippen LogP contribution in [0.3, 0.4) is 0 Å². The van der Waals surface area contributed by atoms with Crippen molar-refractivity contribution in [1.82, 2.24) is 5.16 Å². The Hall–Kier alpha value is -2.64. The lowest BCUT2D eigenvalue weighted by molar-refractivity contribution is 0.420. The molecule has 1 heterocycles. The zero-order chi connectivity index (χ0) is 17.3. The Morgan fingerprint density at radius 3 is 2.00 bits per heavy atom. The van der Waals surface area contributed by atoms with Crippen molar-refractivity contribution in [1.29, 1.82) is 0 Å². The molecule has 124 valence electrons. The van der Waals surface area contributed by atoms with E-state index < -0.39 is 10.0 Å². The van der Waals surface area contributed by atoms with Gasteiger partial charge in [-0.15, -0.1) is 0 Å². The second-order valence-corrected chi connectivity index (χ2v) is 7.31. The maximum absolute atomic E-state index is 12.5. The van der Waals surface area contributed by atoms with Gasteiger partial charge in [0, 0.05) is 6.07 Å². The van der Waals surface area contributed by atoms with E-state index in [1.54, 1.807) is 19.1 Å². The van der Waals surface area contributed by atoms with Crippen LogP contribution in [0, 0.1) is 13.8 Å². The number of nitrogens with two attached hydrogens (primary N) is 1. The molecule has 0 fully saturated rings. The summed E-state index contributed by atoms with van der Waals surface area (Å²) in [7, 11) is -3.91. The lowest BCUT2D eigenvalue weighted by atomic mass is 10.0. The van der Waals surface area contributed by atoms with Gasteiger partial charge in [0.2, 0.25) is 0 Å². The molecule has 0 aliphatic rings. The fourth-order valence-corrected chi connectivity index (χ4v) is 3.28. The number of anilines is 1. The van der Waals surface area contributed by atoms with Crippen molar-refractivity contribution in [3.8, 4) is 11.1 Å². The summed E-state index contributed by atoms with van der Waals surface area (Å²) in [6.45, 7) is 3.70. The van der Waals surface area contributed by atoms with Gasteiger partial charge in [-0.2, -0.15) is 12.8 Å². The molecule has 0 atom stereocenters. The second kappa shape index (κ2) is 6.10. The summed E-state index contributed by atoms with van der Waals surface area (Å²) >= 11 is 0. The van der Waals surface area contributed by atoms with E-state index in [1.807, 2.05) is 31.2 Å². The van der Waals surface area contributed by atoms with Crippen molar-refractivity contribution in [3.05, 3.63) is 65.9 Å². The zero-order valence-electron chi connectivity index (χ0n) is 13.3. The van der Waals surface area contributed by atoms with Crippen molar-refractivity contribution < 1.29 is 12.9 Å². The molecule has 0 aliphatic heterocycles. The first-order valence-electron chi connectivity index (χ1n) is 7.28. The second-order valence-electron chi connectivity index (χ2n) is 5.50. The molecule has 3 rings (SSSR count). The highest BCUT2D eigenvalue weighted by Gasteiger charge is 2.25. The number of hydrazine groups is 1. The van der Waals surface area contributed by atoms with Crippen LogP contribution in [0.15, 0.2) is 64.0 Å². The number of hydrogen-bond acceptors (Lipinski definition) is 5. The van der Waals surface area contributed by atoms with E-state index in [0.717, 1.165) is 11.1 Å². The fourth-order valence-electron chi connectivity index (χ4n) is 2.25. The van der Waals surface area contributed by atoms with Gasteiger partial charge in [-0.25, -0.2) is 5.84 Å². The van der Waals surface area contributed by atoms with Crippen LogP contribution in [0.5, 0.6) is 0 Å². The average Bonchev–Trinajstić information content (AvgIpc) is 3.01. The van der Waals surface area contributed by atoms with Crippen LogP contribution in [0.4, 0.5) is 5.88 Å². The summed E-state index contributed by atoms with van der Waals surface area (Å²) < 4.78 is 30.6. The Balaban J connectivity index is 1.90. The lowest BCUT2D eigenvalue weighted by Gasteiger charge is -2.15. The van der Waals surface area contributed by atoms with E-state index in [4.69, 9.17) is 10.4 Å². The minimum absolute atomic E-state index is 0.0323. The van der Waals surface area contributed by atoms with Crippen LogP contribution in [-0.2, 0) is 10.0 Å². The van der Waals surface area contributed by atoms with Gasteiger partial charge in [0.25, 0.3) is 15.9 Å². The Kier molecular flexibility index (Phi) is 4.13. The highest BCUT2D eigenvalue weighted by molar-refractivity contribution is 7.92. The van der Waals surface area contributed by atoms with E-state index in [0.29, 0.717) is 10.1 Å². The molecule has 0 spiro atoms. The van der Waals surface area contributed by atoms with Gasteiger partial charge in [0.05, 0.1) is 10.6 Å². The molecule has 2 aromatic carbocycles. The molecule has 7 heteroatoms. The molecule has 0 radical (unpaired) electrons. The summed E-state index contributed by atoms with van der Waals surface area (Å²) in [6.07, 6.45) is 0. The Labute approximate surface area is 140 Å². The molecular formula is C17H17N3O3S. The molecule has 0 bridgehead atoms. The van der Waals surface area contributed by atoms with Crippen molar-refractivity contribution in [3.63, 3.8) is 0 Å². The van der Waals surface area contributed by atoms with Gasteiger partial charge < -0.3 is 4.52 Å². The molecule has 0 saturated heterocycles. The summed E-state index contributed by atoms with van der Waals surface area (Å²) in [4.78, 5) is 0.0786. The number of rotatable bonds is 4. The van der Waals surface area contributed by atoms with E-state index in [2.05, 4.69) is 5.16 Å². The van der Waals surface area contributed by atoms with Crippen molar-refractivity contribution in [2.24, 2.45) is 5.84 Å². The fraction of sp³-hybridized carbons (Fsp3) is 0.118. The Morgan fingerprint density at radius 2 is 1.50 bits per heavy atom. The number of aromatic nitrogens is 1. The number of aryl methyl sites for hydroxylation is 2. The molecule has 0 aliphatic carbocycles. The van der Waals surface area contributed by atoms with Gasteiger partial charge in [0.15, 0.2) is 0 Å². The predicted octanol–water partition coefficient (Wildman–Crippen LogP) is 3.03. The third kappa shape index (κ3) is 3.04. The third-order valence-electron chi connectivity index (χ3n) is 3.63. The van der Waals surface area contributed by atoms with E-state index in [9.17, 15) is 8.42 Å². The molecule has 24 heavy (non-hydrogen) atoms. The number of hydrogen-bond donors (Lipinski definition) is 1. The monoisotopic (exact) mass is 343 g/mol. The largest absolute Gasteiger partial charge is 0.336 e. The minimum atomic E-state index is -3.91. The van der Waals surface area contributed by atoms with Crippen molar-refractivity contribution in [2.45, 2.75) is 18.7 Å². The highest BCUT2D eigenvalue weighted by Crippen LogP contribution is 2.25. The zero-order valence-corrected chi connectivity index (χ0v) is 14.1. The van der Waals surface area contributed by atoms with Gasteiger partial charge >= 0.3 is 0 Å². The van der Waals surface area contributed by atoms with Gasteiger partial charge in [0.1, 0.15) is 0 Å². The van der Waals surface area contributed by atoms with Crippen LogP contribution in [0.1, 0.15) is 11.3 Å². The highest BCUT2D eigenvalue weighted by atomic mass is 32.2. The molecule has 1 aromatic heterocycles. The predicted molar refractivity (Wildman–Crippen MR) is 91.7 cm³/mol. The molecular weight excluding hydrogens is 326 g/mol. The van der Waals surface area contributed by atoms with E-state index in [1.165, 1.54) is 23.8 Å². The van der Waals surface area contributed by atoms with E-state index >= 15 is 0 Å². The molecule has 0 amide bonds. The lowest BCUT2D eigenvalue weighted by Crippen LogP contribution is -2.37. The SMILES string of the molecule is Cc1ccc(-c2ccc(S(=O)(=O)N(N)c3cc(C)no3)cc2)cc1. The summed E-state index contributed by atoms with van der Waals surface area (Å²) in [5.74, 6) is 5.66. The Bertz CT molecular complexity index is 946. The molecule has 2 N–H and O–H groups in total. The Morgan fingerprint density at radius 1 is 0.958 bits per heavy atom. The average molecular weight is 343 g/mol. The topological polar surface area (TPSA) is 89.4 Å². The molecule has 3 aromatic rings. The van der Waals surface area contributed by atoms with Gasteiger partial charge in [-0.3, -0.25) is 0 Å². The molecule has 0 saturated carbocycles. The van der Waals surface area contributed by atoms with Gasteiger partial charge in [-0.1, -0.05) is 47.1 Å². The summed E-state index contributed by atoms with van der Waals surface area (Å²) in [5.41, 5.74) is 3.65. The number of nitrogens with zero attached hydrogens (tertiary/aromatic N) is 2. The quantitative estimate of drug-likeness (QED) is 0.581. The normalized spacial score (nSPS) is 11.5. The van der Waals surface area contributed by atoms with Crippen molar-refractivity contribution in [2.75, 3.05) is 4.41 Å². The van der Waals surface area contributed by atoms with E-state index in [-0.39, 0.29) is 10.8 Å². The van der Waals surface area contributed by atoms with Crippen LogP contribution < -0.4 is 10.3 Å². The van der Waals surface area contributed by atoms with Crippen LogP contribution in [0.2, 0.25) is 0 Å². The number of benzene rings is 2. The maximum Gasteiger partial charge on any atom is 0.280 e. The molecule has 6 nitrogen and oxygen atoms in total.